The maximum Gasteiger partial charge on any atom is 0.315 e. The lowest BCUT2D eigenvalue weighted by Crippen LogP contribution is -2.43. The number of amides is 2. The Morgan fingerprint density at radius 1 is 1.33 bits per heavy atom. The molecule has 0 aliphatic heterocycles. The van der Waals surface area contributed by atoms with Crippen molar-refractivity contribution in [2.45, 2.75) is 26.3 Å². The van der Waals surface area contributed by atoms with Crippen molar-refractivity contribution in [3.63, 3.8) is 0 Å². The zero-order valence-corrected chi connectivity index (χ0v) is 11.2. The fraction of sp³-hybridized carbons (Fsp3) is 0.778. The van der Waals surface area contributed by atoms with E-state index in [0.29, 0.717) is 6.54 Å². The van der Waals surface area contributed by atoms with Crippen LogP contribution in [0.2, 0.25) is 0 Å². The number of urea groups is 1. The van der Waals surface area contributed by atoms with Crippen molar-refractivity contribution in [3.05, 3.63) is 0 Å². The molecular weight excluding hydrogens is 262 g/mol. The lowest BCUT2D eigenvalue weighted by atomic mass is 10.2. The Morgan fingerprint density at radius 2 is 1.94 bits per heavy atom. The molecule has 0 bridgehead atoms. The number of nitrogens with one attached hydrogen (secondary N) is 3. The summed E-state index contributed by atoms with van der Waals surface area (Å²) in [6.45, 7) is 3.46. The molecule has 0 spiro atoms. The Kier molecular flexibility index (Phi) is 7.29. The van der Waals surface area contributed by atoms with Gasteiger partial charge in [-0.25, -0.2) is 17.9 Å². The van der Waals surface area contributed by atoms with E-state index in [1.165, 1.54) is 0 Å². The Morgan fingerprint density at radius 3 is 2.44 bits per heavy atom. The molecule has 2 amide bonds. The molecule has 0 aromatic rings. The number of carbonyl (C=O) groups is 2. The standard InChI is InChI=1S/C9H19N3O5S/c1-3-11-18(16,17)5-4-10-9(15)12-7(2)6-8(13)14/h7,11H,3-6H2,1-2H3,(H,13,14)(H2,10,12,15). The number of carboxylic acid groups (broad SMARTS) is 1. The van der Waals surface area contributed by atoms with E-state index in [9.17, 15) is 18.0 Å². The monoisotopic (exact) mass is 281 g/mol. The van der Waals surface area contributed by atoms with Gasteiger partial charge in [0.05, 0.1) is 12.2 Å². The van der Waals surface area contributed by atoms with Gasteiger partial charge in [0.1, 0.15) is 0 Å². The Bertz CT molecular complexity index is 382. The first-order valence-electron chi connectivity index (χ1n) is 5.50. The summed E-state index contributed by atoms with van der Waals surface area (Å²) in [4.78, 5) is 21.6. The second kappa shape index (κ2) is 7.88. The average Bonchev–Trinajstić information content (AvgIpc) is 2.14. The van der Waals surface area contributed by atoms with E-state index >= 15 is 0 Å². The van der Waals surface area contributed by atoms with Gasteiger partial charge in [0.25, 0.3) is 0 Å². The molecule has 0 aromatic heterocycles. The summed E-state index contributed by atoms with van der Waals surface area (Å²) in [7, 11) is -3.36. The first-order valence-corrected chi connectivity index (χ1v) is 7.15. The molecule has 4 N–H and O–H groups in total. The van der Waals surface area contributed by atoms with Crippen molar-refractivity contribution in [1.29, 1.82) is 0 Å². The summed E-state index contributed by atoms with van der Waals surface area (Å²) in [5, 5.41) is 13.2. The molecule has 9 heteroatoms. The number of hydrogen-bond donors (Lipinski definition) is 4. The van der Waals surface area contributed by atoms with Crippen LogP contribution in [-0.2, 0) is 14.8 Å². The van der Waals surface area contributed by atoms with E-state index in [1.807, 2.05) is 0 Å². The van der Waals surface area contributed by atoms with Crippen LogP contribution in [0.1, 0.15) is 20.3 Å². The minimum Gasteiger partial charge on any atom is -0.481 e. The topological polar surface area (TPSA) is 125 Å². The van der Waals surface area contributed by atoms with Gasteiger partial charge in [-0.15, -0.1) is 0 Å². The van der Waals surface area contributed by atoms with Crippen LogP contribution in [-0.4, -0.2) is 50.4 Å². The van der Waals surface area contributed by atoms with Gasteiger partial charge in [0, 0.05) is 19.1 Å². The third-order valence-corrected chi connectivity index (χ3v) is 3.35. The minimum atomic E-state index is -3.36. The SMILES string of the molecule is CCNS(=O)(=O)CCNC(=O)NC(C)CC(=O)O. The second-order valence-electron chi connectivity index (χ2n) is 3.72. The van der Waals surface area contributed by atoms with Crippen LogP contribution in [0.3, 0.4) is 0 Å². The average molecular weight is 281 g/mol. The first-order chi connectivity index (χ1) is 8.26. The summed E-state index contributed by atoms with van der Waals surface area (Å²) in [6, 6.07) is -1.11. The van der Waals surface area contributed by atoms with E-state index < -0.39 is 28.1 Å². The highest BCUT2D eigenvalue weighted by atomic mass is 32.2. The lowest BCUT2D eigenvalue weighted by molar-refractivity contribution is -0.137. The molecule has 0 aliphatic carbocycles. The van der Waals surface area contributed by atoms with Gasteiger partial charge in [-0.05, 0) is 6.92 Å². The predicted octanol–water partition coefficient (Wildman–Crippen LogP) is -0.912. The second-order valence-corrected chi connectivity index (χ2v) is 5.64. The summed E-state index contributed by atoms with van der Waals surface area (Å²) < 4.78 is 24.7. The summed E-state index contributed by atoms with van der Waals surface area (Å²) in [5.41, 5.74) is 0. The van der Waals surface area contributed by atoms with E-state index in [0.717, 1.165) is 0 Å². The number of carboxylic acids is 1. The molecule has 1 atom stereocenters. The quantitative estimate of drug-likeness (QED) is 0.458. The van der Waals surface area contributed by atoms with E-state index in [2.05, 4.69) is 15.4 Å². The fourth-order valence-corrected chi connectivity index (χ4v) is 2.13. The van der Waals surface area contributed by atoms with E-state index in [1.54, 1.807) is 13.8 Å². The van der Waals surface area contributed by atoms with Crippen LogP contribution in [0.5, 0.6) is 0 Å². The van der Waals surface area contributed by atoms with Crippen molar-refractivity contribution in [3.8, 4) is 0 Å². The number of rotatable bonds is 8. The molecule has 0 saturated carbocycles. The zero-order chi connectivity index (χ0) is 14.2. The van der Waals surface area contributed by atoms with Crippen LogP contribution >= 0.6 is 0 Å². The molecule has 0 saturated heterocycles. The zero-order valence-electron chi connectivity index (χ0n) is 10.4. The molecule has 18 heavy (non-hydrogen) atoms. The minimum absolute atomic E-state index is 0.0407. The molecule has 0 aliphatic rings. The van der Waals surface area contributed by atoms with Gasteiger partial charge >= 0.3 is 12.0 Å². The summed E-state index contributed by atoms with van der Waals surface area (Å²) in [5.74, 6) is -1.24. The van der Waals surface area contributed by atoms with Gasteiger partial charge in [-0.1, -0.05) is 6.92 Å². The predicted molar refractivity (Wildman–Crippen MR) is 65.7 cm³/mol. The van der Waals surface area contributed by atoms with Crippen LogP contribution in [0.15, 0.2) is 0 Å². The van der Waals surface area contributed by atoms with Gasteiger partial charge in [0.15, 0.2) is 0 Å². The van der Waals surface area contributed by atoms with Gasteiger partial charge in [-0.3, -0.25) is 4.79 Å². The lowest BCUT2D eigenvalue weighted by Gasteiger charge is -2.12. The number of hydrogen-bond acceptors (Lipinski definition) is 4. The molecule has 0 radical (unpaired) electrons. The Balaban J connectivity index is 3.88. The number of carbonyl (C=O) groups excluding carboxylic acids is 1. The smallest absolute Gasteiger partial charge is 0.315 e. The normalized spacial score (nSPS) is 12.8. The van der Waals surface area contributed by atoms with E-state index in [4.69, 9.17) is 5.11 Å². The summed E-state index contributed by atoms with van der Waals surface area (Å²) >= 11 is 0. The maximum atomic E-state index is 11.2. The number of sulfonamides is 1. The molecule has 8 nitrogen and oxygen atoms in total. The van der Waals surface area contributed by atoms with Crippen LogP contribution in [0, 0.1) is 0 Å². The molecular formula is C9H19N3O5S. The third-order valence-electron chi connectivity index (χ3n) is 1.88. The molecule has 0 heterocycles. The maximum absolute atomic E-state index is 11.2. The highest BCUT2D eigenvalue weighted by Crippen LogP contribution is 1.89. The van der Waals surface area contributed by atoms with Crippen LogP contribution < -0.4 is 15.4 Å². The van der Waals surface area contributed by atoms with Crippen LogP contribution in [0.25, 0.3) is 0 Å². The Labute approximate surface area is 106 Å². The molecule has 0 aromatic carbocycles. The third kappa shape index (κ3) is 8.76. The molecule has 106 valence electrons. The van der Waals surface area contributed by atoms with Crippen molar-refractivity contribution in [2.75, 3.05) is 18.8 Å². The first kappa shape index (κ1) is 16.6. The molecule has 0 rings (SSSR count). The molecule has 0 fully saturated rings. The highest BCUT2D eigenvalue weighted by Gasteiger charge is 2.12. The number of aliphatic carboxylic acids is 1. The van der Waals surface area contributed by atoms with E-state index in [-0.39, 0.29) is 18.7 Å². The summed E-state index contributed by atoms with van der Waals surface area (Å²) in [6.07, 6.45) is -0.191. The van der Waals surface area contributed by atoms with Crippen molar-refractivity contribution >= 4 is 22.0 Å². The van der Waals surface area contributed by atoms with Gasteiger partial charge < -0.3 is 15.7 Å². The Hall–Kier alpha value is -1.35. The molecule has 1 unspecified atom stereocenters. The van der Waals surface area contributed by atoms with Crippen LogP contribution in [0.4, 0.5) is 4.79 Å². The largest absolute Gasteiger partial charge is 0.481 e. The van der Waals surface area contributed by atoms with Crippen molar-refractivity contribution in [1.82, 2.24) is 15.4 Å². The van der Waals surface area contributed by atoms with Gasteiger partial charge in [-0.2, -0.15) is 0 Å². The fourth-order valence-electron chi connectivity index (χ4n) is 1.18. The van der Waals surface area contributed by atoms with Crippen molar-refractivity contribution < 1.29 is 23.1 Å². The highest BCUT2D eigenvalue weighted by molar-refractivity contribution is 7.89. The van der Waals surface area contributed by atoms with Gasteiger partial charge in [0.2, 0.25) is 10.0 Å². The van der Waals surface area contributed by atoms with Crippen molar-refractivity contribution in [2.24, 2.45) is 0 Å².